The number of hydrogen-bond acceptors (Lipinski definition) is 3. The van der Waals surface area contributed by atoms with E-state index in [4.69, 9.17) is 9.84 Å². The molecule has 0 radical (unpaired) electrons. The van der Waals surface area contributed by atoms with Crippen molar-refractivity contribution in [1.29, 1.82) is 0 Å². The maximum absolute atomic E-state index is 11.8. The third-order valence-electron chi connectivity index (χ3n) is 2.29. The molecule has 0 aromatic heterocycles. The second kappa shape index (κ2) is 5.87. The lowest BCUT2D eigenvalue weighted by molar-refractivity contribution is -0.128. The molecule has 2 N–H and O–H groups in total. The van der Waals surface area contributed by atoms with E-state index in [0.717, 1.165) is 5.56 Å². The summed E-state index contributed by atoms with van der Waals surface area (Å²) in [4.78, 5) is 11.8. The lowest BCUT2D eigenvalue weighted by Crippen LogP contribution is -2.46. The highest BCUT2D eigenvalue weighted by molar-refractivity contribution is 5.81. The molecule has 0 fully saturated rings. The van der Waals surface area contributed by atoms with Crippen LogP contribution in [-0.2, 0) is 11.4 Å². The number of rotatable bonds is 4. The van der Waals surface area contributed by atoms with Crippen LogP contribution in [0.4, 0.5) is 0 Å². The van der Waals surface area contributed by atoms with Gasteiger partial charge in [-0.15, -0.1) is 0 Å². The standard InChI is InChI=1S/C14H21NO3/c1-10(13(17)15-14(2,3)4)18-12-7-5-11(9-16)6-8-12/h5-8,10,16H,9H2,1-4H3,(H,15,17). The summed E-state index contributed by atoms with van der Waals surface area (Å²) in [5.41, 5.74) is 0.546. The molecule has 1 amide bonds. The highest BCUT2D eigenvalue weighted by Gasteiger charge is 2.20. The largest absolute Gasteiger partial charge is 0.481 e. The maximum Gasteiger partial charge on any atom is 0.261 e. The molecule has 0 saturated carbocycles. The first-order chi connectivity index (χ1) is 8.31. The quantitative estimate of drug-likeness (QED) is 0.858. The van der Waals surface area contributed by atoms with Gasteiger partial charge in [0.05, 0.1) is 6.61 Å². The van der Waals surface area contributed by atoms with E-state index < -0.39 is 6.10 Å². The van der Waals surface area contributed by atoms with Crippen molar-refractivity contribution in [2.24, 2.45) is 0 Å². The third kappa shape index (κ3) is 4.75. The molecule has 1 unspecified atom stereocenters. The van der Waals surface area contributed by atoms with Crippen molar-refractivity contribution in [1.82, 2.24) is 5.32 Å². The van der Waals surface area contributed by atoms with Crippen LogP contribution in [0.15, 0.2) is 24.3 Å². The maximum atomic E-state index is 11.8. The van der Waals surface area contributed by atoms with Gasteiger partial charge in [-0.3, -0.25) is 4.79 Å². The smallest absolute Gasteiger partial charge is 0.261 e. The molecular weight excluding hydrogens is 230 g/mol. The van der Waals surface area contributed by atoms with Gasteiger partial charge in [-0.1, -0.05) is 12.1 Å². The van der Waals surface area contributed by atoms with Crippen molar-refractivity contribution >= 4 is 5.91 Å². The fourth-order valence-corrected chi connectivity index (χ4v) is 1.40. The first-order valence-electron chi connectivity index (χ1n) is 6.00. The molecule has 1 rings (SSSR count). The van der Waals surface area contributed by atoms with Crippen LogP contribution >= 0.6 is 0 Å². The van der Waals surface area contributed by atoms with Gasteiger partial charge in [0.15, 0.2) is 6.10 Å². The van der Waals surface area contributed by atoms with Crippen LogP contribution in [0.1, 0.15) is 33.3 Å². The van der Waals surface area contributed by atoms with Gasteiger partial charge in [-0.25, -0.2) is 0 Å². The predicted octanol–water partition coefficient (Wildman–Crippen LogP) is 1.86. The minimum Gasteiger partial charge on any atom is -0.481 e. The van der Waals surface area contributed by atoms with Gasteiger partial charge in [-0.05, 0) is 45.4 Å². The van der Waals surface area contributed by atoms with Crippen molar-refractivity contribution in [3.8, 4) is 5.75 Å². The molecule has 0 heterocycles. The zero-order valence-electron chi connectivity index (χ0n) is 11.4. The summed E-state index contributed by atoms with van der Waals surface area (Å²) in [7, 11) is 0. The van der Waals surface area contributed by atoms with Crippen LogP contribution in [0.2, 0.25) is 0 Å². The van der Waals surface area contributed by atoms with Gasteiger partial charge in [0, 0.05) is 5.54 Å². The Kier molecular flexibility index (Phi) is 4.73. The SMILES string of the molecule is CC(Oc1ccc(CO)cc1)C(=O)NC(C)(C)C. The van der Waals surface area contributed by atoms with Crippen LogP contribution in [0.5, 0.6) is 5.75 Å². The monoisotopic (exact) mass is 251 g/mol. The Morgan fingerprint density at radius 3 is 2.33 bits per heavy atom. The summed E-state index contributed by atoms with van der Waals surface area (Å²) in [5, 5.41) is 11.8. The van der Waals surface area contributed by atoms with Gasteiger partial charge in [0.1, 0.15) is 5.75 Å². The van der Waals surface area contributed by atoms with Crippen LogP contribution in [0.25, 0.3) is 0 Å². The van der Waals surface area contributed by atoms with Crippen molar-refractivity contribution < 1.29 is 14.6 Å². The van der Waals surface area contributed by atoms with E-state index in [-0.39, 0.29) is 18.1 Å². The molecule has 18 heavy (non-hydrogen) atoms. The Bertz CT molecular complexity index is 392. The minimum atomic E-state index is -0.552. The number of hydrogen-bond donors (Lipinski definition) is 2. The first-order valence-corrected chi connectivity index (χ1v) is 6.00. The molecule has 100 valence electrons. The zero-order valence-corrected chi connectivity index (χ0v) is 11.4. The molecule has 1 aromatic carbocycles. The van der Waals surface area contributed by atoms with Crippen molar-refractivity contribution in [2.45, 2.75) is 45.9 Å². The molecule has 0 aliphatic heterocycles. The van der Waals surface area contributed by atoms with Crippen molar-refractivity contribution in [3.63, 3.8) is 0 Å². The number of aliphatic hydroxyl groups is 1. The predicted molar refractivity (Wildman–Crippen MR) is 70.4 cm³/mol. The average Bonchev–Trinajstić information content (AvgIpc) is 2.27. The molecular formula is C14H21NO3. The molecule has 4 heteroatoms. The molecule has 0 aliphatic carbocycles. The van der Waals surface area contributed by atoms with Gasteiger partial charge >= 0.3 is 0 Å². The number of aliphatic hydroxyl groups excluding tert-OH is 1. The van der Waals surface area contributed by atoms with E-state index >= 15 is 0 Å². The van der Waals surface area contributed by atoms with E-state index in [1.165, 1.54) is 0 Å². The Morgan fingerprint density at radius 1 is 1.33 bits per heavy atom. The van der Waals surface area contributed by atoms with E-state index in [1.807, 2.05) is 20.8 Å². The van der Waals surface area contributed by atoms with E-state index in [0.29, 0.717) is 5.75 Å². The van der Waals surface area contributed by atoms with Crippen LogP contribution in [0, 0.1) is 0 Å². The Balaban J connectivity index is 2.58. The van der Waals surface area contributed by atoms with Crippen LogP contribution in [-0.4, -0.2) is 22.7 Å². The Labute approximate surface area is 108 Å². The molecule has 0 saturated heterocycles. The minimum absolute atomic E-state index is 0.000341. The number of benzene rings is 1. The molecule has 0 aliphatic rings. The lowest BCUT2D eigenvalue weighted by atomic mass is 10.1. The van der Waals surface area contributed by atoms with Gasteiger partial charge in [0.25, 0.3) is 5.91 Å². The summed E-state index contributed by atoms with van der Waals surface area (Å²) >= 11 is 0. The van der Waals surface area contributed by atoms with Crippen LogP contribution < -0.4 is 10.1 Å². The van der Waals surface area contributed by atoms with Crippen molar-refractivity contribution in [3.05, 3.63) is 29.8 Å². The van der Waals surface area contributed by atoms with E-state index in [2.05, 4.69) is 5.32 Å². The number of nitrogens with one attached hydrogen (secondary N) is 1. The molecule has 0 spiro atoms. The summed E-state index contributed by atoms with van der Waals surface area (Å²) in [6.45, 7) is 7.48. The highest BCUT2D eigenvalue weighted by atomic mass is 16.5. The second-order valence-corrected chi connectivity index (χ2v) is 5.30. The molecule has 0 bridgehead atoms. The average molecular weight is 251 g/mol. The van der Waals surface area contributed by atoms with Crippen molar-refractivity contribution in [2.75, 3.05) is 0 Å². The first kappa shape index (κ1) is 14.5. The number of amides is 1. The number of carbonyl (C=O) groups is 1. The fraction of sp³-hybridized carbons (Fsp3) is 0.500. The Morgan fingerprint density at radius 2 is 1.89 bits per heavy atom. The topological polar surface area (TPSA) is 58.6 Å². The summed E-state index contributed by atoms with van der Waals surface area (Å²) in [6.07, 6.45) is -0.552. The Hall–Kier alpha value is -1.55. The summed E-state index contributed by atoms with van der Waals surface area (Å²) in [6, 6.07) is 7.02. The van der Waals surface area contributed by atoms with Crippen LogP contribution in [0.3, 0.4) is 0 Å². The summed E-state index contributed by atoms with van der Waals surface area (Å²) < 4.78 is 5.53. The number of carbonyl (C=O) groups excluding carboxylic acids is 1. The molecule has 1 atom stereocenters. The molecule has 1 aromatic rings. The zero-order chi connectivity index (χ0) is 13.8. The highest BCUT2D eigenvalue weighted by Crippen LogP contribution is 2.14. The number of ether oxygens (including phenoxy) is 1. The van der Waals surface area contributed by atoms with E-state index in [9.17, 15) is 4.79 Å². The lowest BCUT2D eigenvalue weighted by Gasteiger charge is -2.23. The van der Waals surface area contributed by atoms with Gasteiger partial charge < -0.3 is 15.2 Å². The summed E-state index contributed by atoms with van der Waals surface area (Å²) in [5.74, 6) is 0.470. The van der Waals surface area contributed by atoms with E-state index in [1.54, 1.807) is 31.2 Å². The van der Waals surface area contributed by atoms with Gasteiger partial charge in [0.2, 0.25) is 0 Å². The fourth-order valence-electron chi connectivity index (χ4n) is 1.40. The normalized spacial score (nSPS) is 12.9. The second-order valence-electron chi connectivity index (χ2n) is 5.30. The molecule has 4 nitrogen and oxygen atoms in total. The van der Waals surface area contributed by atoms with Gasteiger partial charge in [-0.2, -0.15) is 0 Å². The third-order valence-corrected chi connectivity index (χ3v) is 2.29.